The van der Waals surface area contributed by atoms with Crippen LogP contribution in [-0.4, -0.2) is 25.7 Å². The predicted octanol–water partition coefficient (Wildman–Crippen LogP) is 2.90. The Morgan fingerprint density at radius 1 is 1.33 bits per heavy atom. The van der Waals surface area contributed by atoms with Crippen LogP contribution in [-0.2, 0) is 9.53 Å². The predicted molar refractivity (Wildman–Crippen MR) is 73.8 cm³/mol. The van der Waals surface area contributed by atoms with Crippen molar-refractivity contribution in [1.29, 1.82) is 0 Å². The van der Waals surface area contributed by atoms with Crippen LogP contribution < -0.4 is 5.32 Å². The number of amides is 1. The van der Waals surface area contributed by atoms with Gasteiger partial charge in [-0.3, -0.25) is 4.79 Å². The molecule has 0 spiro atoms. The topological polar surface area (TPSA) is 38.3 Å². The molecule has 100 valence electrons. The summed E-state index contributed by atoms with van der Waals surface area (Å²) in [4.78, 5) is 11.8. The number of rotatable bonds is 8. The van der Waals surface area contributed by atoms with E-state index in [2.05, 4.69) is 5.32 Å². The number of carbonyl (C=O) groups excluding carboxylic acids is 1. The van der Waals surface area contributed by atoms with Crippen LogP contribution in [0.4, 0.5) is 0 Å². The second kappa shape index (κ2) is 8.95. The highest BCUT2D eigenvalue weighted by Gasteiger charge is 2.16. The van der Waals surface area contributed by atoms with Gasteiger partial charge in [-0.05, 0) is 25.3 Å². The van der Waals surface area contributed by atoms with E-state index in [1.807, 2.05) is 37.3 Å². The van der Waals surface area contributed by atoms with Crippen LogP contribution in [0.25, 0.3) is 0 Å². The van der Waals surface area contributed by atoms with E-state index in [4.69, 9.17) is 16.3 Å². The lowest BCUT2D eigenvalue weighted by Gasteiger charge is -2.10. The minimum Gasteiger partial charge on any atom is -0.382 e. The van der Waals surface area contributed by atoms with Crippen molar-refractivity contribution in [2.24, 2.45) is 0 Å². The average Bonchev–Trinajstić information content (AvgIpc) is 2.42. The second-order valence-electron chi connectivity index (χ2n) is 3.97. The van der Waals surface area contributed by atoms with Crippen LogP contribution in [0, 0.1) is 0 Å². The van der Waals surface area contributed by atoms with Crippen LogP contribution >= 0.6 is 11.6 Å². The molecule has 1 atom stereocenters. The van der Waals surface area contributed by atoms with E-state index in [1.165, 1.54) is 0 Å². The molecule has 1 aromatic carbocycles. The maximum Gasteiger partial charge on any atom is 0.242 e. The number of unbranched alkanes of at least 4 members (excludes halogenated alkanes) is 1. The van der Waals surface area contributed by atoms with Gasteiger partial charge in [-0.15, -0.1) is 11.6 Å². The summed E-state index contributed by atoms with van der Waals surface area (Å²) in [5.41, 5.74) is 0.825. The lowest BCUT2D eigenvalue weighted by molar-refractivity contribution is -0.120. The van der Waals surface area contributed by atoms with Crippen molar-refractivity contribution in [3.05, 3.63) is 35.9 Å². The van der Waals surface area contributed by atoms with Crippen molar-refractivity contribution in [1.82, 2.24) is 5.32 Å². The SMILES string of the molecule is CCOCCCCNC(=O)C(Cl)c1ccccc1. The molecule has 0 saturated carbocycles. The molecule has 3 nitrogen and oxygen atoms in total. The smallest absolute Gasteiger partial charge is 0.242 e. The quantitative estimate of drug-likeness (QED) is 0.582. The van der Waals surface area contributed by atoms with Gasteiger partial charge in [-0.25, -0.2) is 0 Å². The molecule has 0 radical (unpaired) electrons. The van der Waals surface area contributed by atoms with E-state index in [0.29, 0.717) is 6.54 Å². The molecule has 1 aromatic rings. The van der Waals surface area contributed by atoms with Gasteiger partial charge in [0.25, 0.3) is 0 Å². The lowest BCUT2D eigenvalue weighted by Crippen LogP contribution is -2.28. The fraction of sp³-hybridized carbons (Fsp3) is 0.500. The molecule has 1 rings (SSSR count). The molecule has 0 aliphatic rings. The number of halogens is 1. The summed E-state index contributed by atoms with van der Waals surface area (Å²) >= 11 is 6.08. The standard InChI is InChI=1S/C14H20ClNO2/c1-2-18-11-7-6-10-16-14(17)13(15)12-8-4-3-5-9-12/h3-5,8-9,13H,2,6-7,10-11H2,1H3,(H,16,17). The number of hydrogen-bond donors (Lipinski definition) is 1. The van der Waals surface area contributed by atoms with Crippen LogP contribution in [0.15, 0.2) is 30.3 Å². The van der Waals surface area contributed by atoms with E-state index in [1.54, 1.807) is 0 Å². The molecule has 0 aromatic heterocycles. The maximum absolute atomic E-state index is 11.8. The van der Waals surface area contributed by atoms with Crippen LogP contribution in [0.1, 0.15) is 30.7 Å². The van der Waals surface area contributed by atoms with Crippen molar-refractivity contribution in [2.75, 3.05) is 19.8 Å². The van der Waals surface area contributed by atoms with Gasteiger partial charge in [-0.1, -0.05) is 30.3 Å². The monoisotopic (exact) mass is 269 g/mol. The Kier molecular flexibility index (Phi) is 7.46. The number of benzene rings is 1. The first kappa shape index (κ1) is 15.0. The van der Waals surface area contributed by atoms with E-state index in [9.17, 15) is 4.79 Å². The average molecular weight is 270 g/mol. The van der Waals surface area contributed by atoms with E-state index in [0.717, 1.165) is 31.6 Å². The number of nitrogens with one attached hydrogen (secondary N) is 1. The highest BCUT2D eigenvalue weighted by molar-refractivity contribution is 6.30. The molecule has 4 heteroatoms. The van der Waals surface area contributed by atoms with Crippen molar-refractivity contribution in [3.8, 4) is 0 Å². The Labute approximate surface area is 113 Å². The molecule has 0 aliphatic carbocycles. The van der Waals surface area contributed by atoms with Gasteiger partial charge < -0.3 is 10.1 Å². The molecule has 1 amide bonds. The Balaban J connectivity index is 2.20. The summed E-state index contributed by atoms with van der Waals surface area (Å²) in [6, 6.07) is 9.36. The van der Waals surface area contributed by atoms with E-state index in [-0.39, 0.29) is 5.91 Å². The molecule has 1 N–H and O–H groups in total. The minimum atomic E-state index is -0.613. The molecule has 0 fully saturated rings. The van der Waals surface area contributed by atoms with Gasteiger partial charge in [0, 0.05) is 19.8 Å². The van der Waals surface area contributed by atoms with Gasteiger partial charge in [0.15, 0.2) is 0 Å². The molecule has 18 heavy (non-hydrogen) atoms. The Bertz CT molecular complexity index is 343. The summed E-state index contributed by atoms with van der Waals surface area (Å²) in [7, 11) is 0. The first-order chi connectivity index (χ1) is 8.75. The molecule has 0 heterocycles. The van der Waals surface area contributed by atoms with E-state index >= 15 is 0 Å². The second-order valence-corrected chi connectivity index (χ2v) is 4.40. The summed E-state index contributed by atoms with van der Waals surface area (Å²) in [5, 5.41) is 2.22. The van der Waals surface area contributed by atoms with Gasteiger partial charge in [-0.2, -0.15) is 0 Å². The summed E-state index contributed by atoms with van der Waals surface area (Å²) in [6.07, 6.45) is 1.86. The lowest BCUT2D eigenvalue weighted by atomic mass is 10.1. The Morgan fingerprint density at radius 2 is 2.06 bits per heavy atom. The first-order valence-electron chi connectivity index (χ1n) is 6.30. The van der Waals surface area contributed by atoms with Crippen LogP contribution in [0.2, 0.25) is 0 Å². The summed E-state index contributed by atoms with van der Waals surface area (Å²) in [5.74, 6) is -0.140. The zero-order chi connectivity index (χ0) is 13.2. The third kappa shape index (κ3) is 5.52. The highest BCUT2D eigenvalue weighted by Crippen LogP contribution is 2.19. The Hall–Kier alpha value is -1.06. The largest absolute Gasteiger partial charge is 0.382 e. The van der Waals surface area contributed by atoms with Crippen molar-refractivity contribution >= 4 is 17.5 Å². The van der Waals surface area contributed by atoms with Crippen molar-refractivity contribution in [3.63, 3.8) is 0 Å². The molecule has 0 saturated heterocycles. The van der Waals surface area contributed by atoms with Gasteiger partial charge in [0.2, 0.25) is 5.91 Å². The van der Waals surface area contributed by atoms with Crippen molar-refractivity contribution in [2.45, 2.75) is 25.1 Å². The zero-order valence-corrected chi connectivity index (χ0v) is 11.5. The third-order valence-corrected chi connectivity index (χ3v) is 2.99. The number of alkyl halides is 1. The van der Waals surface area contributed by atoms with Gasteiger partial charge >= 0.3 is 0 Å². The first-order valence-corrected chi connectivity index (χ1v) is 6.73. The Morgan fingerprint density at radius 3 is 2.72 bits per heavy atom. The van der Waals surface area contributed by atoms with Crippen LogP contribution in [0.3, 0.4) is 0 Å². The zero-order valence-electron chi connectivity index (χ0n) is 10.7. The van der Waals surface area contributed by atoms with E-state index < -0.39 is 5.38 Å². The van der Waals surface area contributed by atoms with Crippen LogP contribution in [0.5, 0.6) is 0 Å². The summed E-state index contributed by atoms with van der Waals surface area (Å²) < 4.78 is 5.22. The minimum absolute atomic E-state index is 0.140. The highest BCUT2D eigenvalue weighted by atomic mass is 35.5. The van der Waals surface area contributed by atoms with Gasteiger partial charge in [0.1, 0.15) is 5.38 Å². The summed E-state index contributed by atoms with van der Waals surface area (Å²) in [6.45, 7) is 4.10. The normalized spacial score (nSPS) is 12.1. The molecule has 0 bridgehead atoms. The van der Waals surface area contributed by atoms with Crippen molar-refractivity contribution < 1.29 is 9.53 Å². The molecular weight excluding hydrogens is 250 g/mol. The van der Waals surface area contributed by atoms with Gasteiger partial charge in [0.05, 0.1) is 0 Å². The third-order valence-electron chi connectivity index (χ3n) is 2.54. The number of hydrogen-bond acceptors (Lipinski definition) is 2. The maximum atomic E-state index is 11.8. The molecular formula is C14H20ClNO2. The number of carbonyl (C=O) groups is 1. The molecule has 0 aliphatic heterocycles. The number of ether oxygens (including phenoxy) is 1. The molecule has 1 unspecified atom stereocenters. The fourth-order valence-corrected chi connectivity index (χ4v) is 1.77. The fourth-order valence-electron chi connectivity index (χ4n) is 1.55.